The summed E-state index contributed by atoms with van der Waals surface area (Å²) in [6.07, 6.45) is 1.79. The van der Waals surface area contributed by atoms with E-state index in [0.29, 0.717) is 11.8 Å². The molecule has 0 unspecified atom stereocenters. The van der Waals surface area contributed by atoms with Crippen molar-refractivity contribution in [3.05, 3.63) is 60.8 Å². The molecule has 2 aromatic carbocycles. The summed E-state index contributed by atoms with van der Waals surface area (Å²) in [4.78, 5) is 6.48. The molecule has 0 saturated heterocycles. The van der Waals surface area contributed by atoms with E-state index in [0.717, 1.165) is 17.1 Å². The Kier molecular flexibility index (Phi) is 5.09. The number of nitrogens with one attached hydrogen (secondary N) is 1. The van der Waals surface area contributed by atoms with Gasteiger partial charge in [0.05, 0.1) is 12.3 Å². The number of ether oxygens (including phenoxy) is 1. The molecule has 25 heavy (non-hydrogen) atoms. The maximum absolute atomic E-state index is 5.64. The van der Waals surface area contributed by atoms with E-state index in [4.69, 9.17) is 4.74 Å². The number of rotatable bonds is 6. The Hall–Kier alpha value is -3.15. The summed E-state index contributed by atoms with van der Waals surface area (Å²) in [5.74, 6) is 1.98. The molecule has 128 valence electrons. The number of para-hydroxylation sites is 1. The van der Waals surface area contributed by atoms with Crippen LogP contribution in [0.2, 0.25) is 0 Å². The van der Waals surface area contributed by atoms with E-state index < -0.39 is 0 Å². The van der Waals surface area contributed by atoms with Gasteiger partial charge in [0.1, 0.15) is 5.75 Å². The van der Waals surface area contributed by atoms with Crippen molar-refractivity contribution in [3.8, 4) is 5.75 Å². The number of benzene rings is 2. The fourth-order valence-electron chi connectivity index (χ4n) is 2.31. The van der Waals surface area contributed by atoms with Gasteiger partial charge in [-0.2, -0.15) is 10.1 Å². The zero-order valence-electron chi connectivity index (χ0n) is 14.5. The van der Waals surface area contributed by atoms with E-state index in [1.807, 2.05) is 80.4 Å². The van der Waals surface area contributed by atoms with Gasteiger partial charge in [-0.15, -0.1) is 5.10 Å². The minimum atomic E-state index is 0.150. The minimum Gasteiger partial charge on any atom is -0.491 e. The normalized spacial score (nSPS) is 10.6. The highest BCUT2D eigenvalue weighted by molar-refractivity contribution is 5.60. The Labute approximate surface area is 147 Å². The van der Waals surface area contributed by atoms with Crippen LogP contribution in [0.15, 0.2) is 60.8 Å². The maximum Gasteiger partial charge on any atom is 0.249 e. The highest BCUT2D eigenvalue weighted by Gasteiger charge is 2.08. The fourth-order valence-corrected chi connectivity index (χ4v) is 2.31. The number of aromatic nitrogens is 3. The van der Waals surface area contributed by atoms with Gasteiger partial charge in [-0.25, -0.2) is 0 Å². The molecule has 1 heterocycles. The second-order valence-corrected chi connectivity index (χ2v) is 5.85. The lowest BCUT2D eigenvalue weighted by Crippen LogP contribution is -2.13. The molecule has 0 fully saturated rings. The molecule has 6 heteroatoms. The first-order valence-electron chi connectivity index (χ1n) is 8.14. The summed E-state index contributed by atoms with van der Waals surface area (Å²) in [6, 6.07) is 17.7. The first-order valence-corrected chi connectivity index (χ1v) is 8.14. The summed E-state index contributed by atoms with van der Waals surface area (Å²) in [5, 5.41) is 11.3. The van der Waals surface area contributed by atoms with Crippen molar-refractivity contribution < 1.29 is 4.74 Å². The molecule has 0 amide bonds. The molecule has 0 saturated carbocycles. The van der Waals surface area contributed by atoms with Gasteiger partial charge >= 0.3 is 0 Å². The molecule has 0 atom stereocenters. The SMILES string of the molecule is CC(C)Oc1ccc(Nc2nncc(N(C)c3ccccc3)n2)cc1. The lowest BCUT2D eigenvalue weighted by atomic mass is 10.3. The number of hydrogen-bond acceptors (Lipinski definition) is 6. The van der Waals surface area contributed by atoms with Crippen LogP contribution in [0.1, 0.15) is 13.8 Å². The summed E-state index contributed by atoms with van der Waals surface area (Å²) in [6.45, 7) is 4.00. The maximum atomic E-state index is 5.64. The lowest BCUT2D eigenvalue weighted by Gasteiger charge is -2.18. The molecule has 1 N–H and O–H groups in total. The van der Waals surface area contributed by atoms with Crippen LogP contribution in [0.5, 0.6) is 5.75 Å². The second kappa shape index (κ2) is 7.61. The molecule has 3 rings (SSSR count). The Balaban J connectivity index is 1.73. The first-order chi connectivity index (χ1) is 12.1. The summed E-state index contributed by atoms with van der Waals surface area (Å²) in [5.41, 5.74) is 1.90. The first kappa shape index (κ1) is 16.7. The fraction of sp³-hybridized carbons (Fsp3) is 0.211. The molecule has 0 radical (unpaired) electrons. The van der Waals surface area contributed by atoms with Gasteiger partial charge in [-0.3, -0.25) is 0 Å². The predicted octanol–water partition coefficient (Wildman–Crippen LogP) is 4.17. The monoisotopic (exact) mass is 335 g/mol. The van der Waals surface area contributed by atoms with Crippen molar-refractivity contribution in [1.29, 1.82) is 0 Å². The van der Waals surface area contributed by atoms with Crippen LogP contribution in [-0.4, -0.2) is 28.3 Å². The van der Waals surface area contributed by atoms with Crippen molar-refractivity contribution in [1.82, 2.24) is 15.2 Å². The smallest absolute Gasteiger partial charge is 0.249 e. The molecular formula is C19H21N5O. The van der Waals surface area contributed by atoms with Gasteiger partial charge in [0.2, 0.25) is 5.95 Å². The van der Waals surface area contributed by atoms with Crippen molar-refractivity contribution in [3.63, 3.8) is 0 Å². The average Bonchev–Trinajstić information content (AvgIpc) is 2.63. The van der Waals surface area contributed by atoms with Crippen LogP contribution in [0.4, 0.5) is 23.1 Å². The van der Waals surface area contributed by atoms with Crippen molar-refractivity contribution in [2.24, 2.45) is 0 Å². The van der Waals surface area contributed by atoms with Gasteiger partial charge in [-0.1, -0.05) is 18.2 Å². The van der Waals surface area contributed by atoms with E-state index in [1.54, 1.807) is 6.20 Å². The predicted molar refractivity (Wildman–Crippen MR) is 99.8 cm³/mol. The van der Waals surface area contributed by atoms with Gasteiger partial charge in [0, 0.05) is 18.4 Å². The van der Waals surface area contributed by atoms with E-state index in [-0.39, 0.29) is 6.10 Å². The van der Waals surface area contributed by atoms with Gasteiger partial charge in [0.15, 0.2) is 5.82 Å². The molecular weight excluding hydrogens is 314 g/mol. The lowest BCUT2D eigenvalue weighted by molar-refractivity contribution is 0.242. The summed E-state index contributed by atoms with van der Waals surface area (Å²) in [7, 11) is 1.95. The van der Waals surface area contributed by atoms with E-state index in [2.05, 4.69) is 20.5 Å². The van der Waals surface area contributed by atoms with Gasteiger partial charge in [0.25, 0.3) is 0 Å². The third-order valence-electron chi connectivity index (χ3n) is 3.52. The van der Waals surface area contributed by atoms with Crippen LogP contribution >= 0.6 is 0 Å². The van der Waals surface area contributed by atoms with Crippen LogP contribution < -0.4 is 15.0 Å². The largest absolute Gasteiger partial charge is 0.491 e. The van der Waals surface area contributed by atoms with Gasteiger partial charge < -0.3 is 15.0 Å². The highest BCUT2D eigenvalue weighted by atomic mass is 16.5. The minimum absolute atomic E-state index is 0.150. The standard InChI is InChI=1S/C19H21N5O/c1-14(2)25-17-11-9-15(10-12-17)21-19-22-18(13-20-23-19)24(3)16-7-5-4-6-8-16/h4-14H,1-3H3,(H,21,22,23). The molecule has 0 aliphatic rings. The Morgan fingerprint density at radius 3 is 2.40 bits per heavy atom. The third kappa shape index (κ3) is 4.44. The highest BCUT2D eigenvalue weighted by Crippen LogP contribution is 2.22. The Morgan fingerprint density at radius 1 is 1.00 bits per heavy atom. The summed E-state index contributed by atoms with van der Waals surface area (Å²) >= 11 is 0. The molecule has 3 aromatic rings. The Morgan fingerprint density at radius 2 is 1.72 bits per heavy atom. The molecule has 0 spiro atoms. The van der Waals surface area contributed by atoms with Crippen LogP contribution in [0.25, 0.3) is 0 Å². The third-order valence-corrected chi connectivity index (χ3v) is 3.52. The topological polar surface area (TPSA) is 63.2 Å². The quantitative estimate of drug-likeness (QED) is 0.729. The number of anilines is 4. The average molecular weight is 335 g/mol. The molecule has 6 nitrogen and oxygen atoms in total. The van der Waals surface area contributed by atoms with Crippen LogP contribution in [0.3, 0.4) is 0 Å². The van der Waals surface area contributed by atoms with Crippen molar-refractivity contribution in [2.45, 2.75) is 20.0 Å². The molecule has 0 aliphatic carbocycles. The zero-order valence-corrected chi connectivity index (χ0v) is 14.5. The zero-order chi connectivity index (χ0) is 17.6. The van der Waals surface area contributed by atoms with Gasteiger partial charge in [-0.05, 0) is 50.2 Å². The summed E-state index contributed by atoms with van der Waals surface area (Å²) < 4.78 is 5.64. The molecule has 0 bridgehead atoms. The van der Waals surface area contributed by atoms with Crippen molar-refractivity contribution in [2.75, 3.05) is 17.3 Å². The molecule has 0 aliphatic heterocycles. The van der Waals surface area contributed by atoms with E-state index >= 15 is 0 Å². The number of nitrogens with zero attached hydrogens (tertiary/aromatic N) is 4. The molecule has 1 aromatic heterocycles. The van der Waals surface area contributed by atoms with E-state index in [9.17, 15) is 0 Å². The number of hydrogen-bond donors (Lipinski definition) is 1. The van der Waals surface area contributed by atoms with E-state index in [1.165, 1.54) is 0 Å². The van der Waals surface area contributed by atoms with Crippen LogP contribution in [-0.2, 0) is 0 Å². The second-order valence-electron chi connectivity index (χ2n) is 5.85. The van der Waals surface area contributed by atoms with Crippen molar-refractivity contribution >= 4 is 23.1 Å². The Bertz CT molecular complexity index is 806. The van der Waals surface area contributed by atoms with Crippen LogP contribution in [0, 0.1) is 0 Å².